The van der Waals surface area contributed by atoms with Crippen LogP contribution < -0.4 is 0 Å². The number of benzene rings is 2. The lowest BCUT2D eigenvalue weighted by atomic mass is 10.0. The van der Waals surface area contributed by atoms with Gasteiger partial charge in [0.25, 0.3) is 0 Å². The standard InChI is InChI=1S/C20H20F2N2O2/c1-2-20(25)24(12-15-8-9-16(21)10-18(15)22)13-17-11-19(23-26-17)14-6-4-3-5-7-14/h3-10,17H,2,11-13H2,1H3/t17-/m0/s1. The highest BCUT2D eigenvalue weighted by Crippen LogP contribution is 2.20. The Labute approximate surface area is 151 Å². The van der Waals surface area contributed by atoms with Crippen LogP contribution in [0.5, 0.6) is 0 Å². The summed E-state index contributed by atoms with van der Waals surface area (Å²) in [7, 11) is 0. The molecule has 4 nitrogen and oxygen atoms in total. The summed E-state index contributed by atoms with van der Waals surface area (Å²) in [5.41, 5.74) is 2.08. The molecule has 0 saturated heterocycles. The number of amides is 1. The van der Waals surface area contributed by atoms with Crippen molar-refractivity contribution in [3.05, 3.63) is 71.3 Å². The van der Waals surface area contributed by atoms with Crippen LogP contribution in [-0.4, -0.2) is 29.2 Å². The van der Waals surface area contributed by atoms with E-state index in [1.54, 1.807) is 6.92 Å². The largest absolute Gasteiger partial charge is 0.390 e. The van der Waals surface area contributed by atoms with Gasteiger partial charge in [0.2, 0.25) is 5.91 Å². The van der Waals surface area contributed by atoms with Gasteiger partial charge < -0.3 is 9.74 Å². The molecule has 0 aromatic heterocycles. The number of halogens is 2. The molecule has 1 atom stereocenters. The smallest absolute Gasteiger partial charge is 0.222 e. The van der Waals surface area contributed by atoms with Crippen LogP contribution in [0, 0.1) is 11.6 Å². The van der Waals surface area contributed by atoms with Crippen molar-refractivity contribution in [2.45, 2.75) is 32.4 Å². The lowest BCUT2D eigenvalue weighted by Crippen LogP contribution is -2.37. The van der Waals surface area contributed by atoms with E-state index in [0.29, 0.717) is 19.4 Å². The fourth-order valence-electron chi connectivity index (χ4n) is 2.91. The van der Waals surface area contributed by atoms with Gasteiger partial charge in [-0.3, -0.25) is 4.79 Å². The van der Waals surface area contributed by atoms with Crippen molar-refractivity contribution in [2.24, 2.45) is 5.16 Å². The first-order chi connectivity index (χ1) is 12.6. The van der Waals surface area contributed by atoms with E-state index < -0.39 is 11.6 Å². The first-order valence-electron chi connectivity index (χ1n) is 8.56. The molecule has 1 aliphatic heterocycles. The van der Waals surface area contributed by atoms with Crippen molar-refractivity contribution in [3.8, 4) is 0 Å². The average molecular weight is 358 g/mol. The summed E-state index contributed by atoms with van der Waals surface area (Å²) in [5, 5.41) is 4.12. The number of rotatable bonds is 6. The van der Waals surface area contributed by atoms with Crippen molar-refractivity contribution in [2.75, 3.05) is 6.54 Å². The van der Waals surface area contributed by atoms with Crippen LogP contribution in [-0.2, 0) is 16.2 Å². The molecule has 6 heteroatoms. The molecule has 136 valence electrons. The van der Waals surface area contributed by atoms with Crippen molar-refractivity contribution in [3.63, 3.8) is 0 Å². The number of oxime groups is 1. The van der Waals surface area contributed by atoms with Crippen LogP contribution in [0.2, 0.25) is 0 Å². The molecular weight excluding hydrogens is 338 g/mol. The first-order valence-corrected chi connectivity index (χ1v) is 8.56. The highest BCUT2D eigenvalue weighted by Gasteiger charge is 2.26. The fraction of sp³-hybridized carbons (Fsp3) is 0.300. The van der Waals surface area contributed by atoms with Crippen LogP contribution in [0.1, 0.15) is 30.9 Å². The lowest BCUT2D eigenvalue weighted by molar-refractivity contribution is -0.133. The maximum absolute atomic E-state index is 13.9. The van der Waals surface area contributed by atoms with E-state index in [9.17, 15) is 13.6 Å². The average Bonchev–Trinajstić information content (AvgIpc) is 3.12. The van der Waals surface area contributed by atoms with Gasteiger partial charge in [0, 0.05) is 31.0 Å². The molecule has 2 aromatic rings. The van der Waals surface area contributed by atoms with E-state index in [2.05, 4.69) is 5.16 Å². The predicted octanol–water partition coefficient (Wildman–Crippen LogP) is 3.90. The van der Waals surface area contributed by atoms with Gasteiger partial charge in [0.05, 0.1) is 12.3 Å². The zero-order valence-corrected chi connectivity index (χ0v) is 14.5. The van der Waals surface area contributed by atoms with Crippen LogP contribution in [0.25, 0.3) is 0 Å². The summed E-state index contributed by atoms with van der Waals surface area (Å²) < 4.78 is 27.0. The maximum atomic E-state index is 13.9. The topological polar surface area (TPSA) is 41.9 Å². The Hall–Kier alpha value is -2.76. The minimum Gasteiger partial charge on any atom is -0.390 e. The molecule has 0 fully saturated rings. The number of hydrogen-bond donors (Lipinski definition) is 0. The van der Waals surface area contributed by atoms with E-state index in [1.165, 1.54) is 17.0 Å². The molecule has 26 heavy (non-hydrogen) atoms. The third kappa shape index (κ3) is 4.25. The summed E-state index contributed by atoms with van der Waals surface area (Å²) in [5.74, 6) is -1.42. The molecule has 1 aliphatic rings. The third-order valence-electron chi connectivity index (χ3n) is 4.30. The quantitative estimate of drug-likeness (QED) is 0.786. The van der Waals surface area contributed by atoms with Crippen molar-refractivity contribution in [1.82, 2.24) is 4.90 Å². The normalized spacial score (nSPS) is 16.1. The summed E-state index contributed by atoms with van der Waals surface area (Å²) in [6, 6.07) is 13.1. The summed E-state index contributed by atoms with van der Waals surface area (Å²) >= 11 is 0. The Morgan fingerprint density at radius 2 is 2.00 bits per heavy atom. The molecule has 0 aliphatic carbocycles. The zero-order valence-electron chi connectivity index (χ0n) is 14.5. The van der Waals surface area contributed by atoms with Gasteiger partial charge in [-0.15, -0.1) is 0 Å². The van der Waals surface area contributed by atoms with Gasteiger partial charge in [0.1, 0.15) is 11.6 Å². The van der Waals surface area contributed by atoms with Crippen LogP contribution >= 0.6 is 0 Å². The zero-order chi connectivity index (χ0) is 18.5. The van der Waals surface area contributed by atoms with E-state index in [1.807, 2.05) is 30.3 Å². The molecule has 0 saturated carbocycles. The highest BCUT2D eigenvalue weighted by atomic mass is 19.1. The molecule has 0 N–H and O–H groups in total. The molecule has 0 bridgehead atoms. The SMILES string of the molecule is CCC(=O)N(Cc1ccc(F)cc1F)C[C@@H]1CC(c2ccccc2)=NO1. The molecule has 0 spiro atoms. The second kappa shape index (κ2) is 8.08. The lowest BCUT2D eigenvalue weighted by Gasteiger charge is -2.24. The van der Waals surface area contributed by atoms with Gasteiger partial charge in [-0.05, 0) is 11.6 Å². The monoisotopic (exact) mass is 358 g/mol. The Balaban J connectivity index is 1.67. The Kier molecular flexibility index (Phi) is 5.61. The summed E-state index contributed by atoms with van der Waals surface area (Å²) in [6.45, 7) is 2.11. The van der Waals surface area contributed by atoms with Crippen LogP contribution in [0.4, 0.5) is 8.78 Å². The Morgan fingerprint density at radius 3 is 2.69 bits per heavy atom. The number of nitrogens with zero attached hydrogens (tertiary/aromatic N) is 2. The van der Waals surface area contributed by atoms with E-state index >= 15 is 0 Å². The summed E-state index contributed by atoms with van der Waals surface area (Å²) in [6.07, 6.45) is 0.579. The molecule has 0 unspecified atom stereocenters. The van der Waals surface area contributed by atoms with Gasteiger partial charge in [0.15, 0.2) is 6.10 Å². The van der Waals surface area contributed by atoms with Crippen molar-refractivity contribution >= 4 is 11.6 Å². The van der Waals surface area contributed by atoms with Crippen molar-refractivity contribution in [1.29, 1.82) is 0 Å². The minimum absolute atomic E-state index is 0.0688. The second-order valence-corrected chi connectivity index (χ2v) is 6.20. The molecule has 1 amide bonds. The Morgan fingerprint density at radius 1 is 1.23 bits per heavy atom. The second-order valence-electron chi connectivity index (χ2n) is 6.20. The summed E-state index contributed by atoms with van der Waals surface area (Å²) in [4.78, 5) is 19.3. The minimum atomic E-state index is -0.660. The van der Waals surface area contributed by atoms with E-state index in [0.717, 1.165) is 17.3 Å². The van der Waals surface area contributed by atoms with Crippen LogP contribution in [0.3, 0.4) is 0 Å². The van der Waals surface area contributed by atoms with Gasteiger partial charge in [-0.25, -0.2) is 8.78 Å². The van der Waals surface area contributed by atoms with Gasteiger partial charge in [-0.2, -0.15) is 0 Å². The van der Waals surface area contributed by atoms with Crippen LogP contribution in [0.15, 0.2) is 53.7 Å². The van der Waals surface area contributed by atoms with E-state index in [4.69, 9.17) is 4.84 Å². The predicted molar refractivity (Wildman–Crippen MR) is 94.5 cm³/mol. The first kappa shape index (κ1) is 18.0. The molecule has 3 rings (SSSR count). The fourth-order valence-corrected chi connectivity index (χ4v) is 2.91. The number of carbonyl (C=O) groups is 1. The third-order valence-corrected chi connectivity index (χ3v) is 4.30. The van der Waals surface area contributed by atoms with Gasteiger partial charge >= 0.3 is 0 Å². The molecule has 1 heterocycles. The molecular formula is C20H20F2N2O2. The molecule has 0 radical (unpaired) electrons. The van der Waals surface area contributed by atoms with Crippen molar-refractivity contribution < 1.29 is 18.4 Å². The van der Waals surface area contributed by atoms with Gasteiger partial charge in [-0.1, -0.05) is 48.5 Å². The number of carbonyl (C=O) groups excluding carboxylic acids is 1. The highest BCUT2D eigenvalue weighted by molar-refractivity contribution is 6.01. The number of hydrogen-bond acceptors (Lipinski definition) is 3. The molecule has 2 aromatic carbocycles. The van der Waals surface area contributed by atoms with E-state index in [-0.39, 0.29) is 24.1 Å². The Bertz CT molecular complexity index is 809. The maximum Gasteiger partial charge on any atom is 0.222 e.